The first-order valence-corrected chi connectivity index (χ1v) is 11.9. The van der Waals surface area contributed by atoms with Gasteiger partial charge in [0, 0.05) is 25.1 Å². The van der Waals surface area contributed by atoms with Gasteiger partial charge in [-0.15, -0.1) is 0 Å². The summed E-state index contributed by atoms with van der Waals surface area (Å²) < 4.78 is 13.3. The number of fused-ring (bicyclic) bond motifs is 3. The third kappa shape index (κ3) is 7.11. The van der Waals surface area contributed by atoms with Gasteiger partial charge in [0.2, 0.25) is 0 Å². The van der Waals surface area contributed by atoms with Gasteiger partial charge in [-0.3, -0.25) is 5.32 Å². The number of nitrogens with zero attached hydrogens (tertiary/aromatic N) is 3. The number of pyridine rings is 1. The van der Waals surface area contributed by atoms with E-state index in [0.717, 1.165) is 10.9 Å². The fourth-order valence-electron chi connectivity index (χ4n) is 3.82. The molecule has 4 N–H and O–H groups in total. The highest BCUT2D eigenvalue weighted by Gasteiger charge is 2.24. The van der Waals surface area contributed by atoms with Crippen molar-refractivity contribution in [1.29, 1.82) is 0 Å². The third-order valence-electron chi connectivity index (χ3n) is 5.47. The van der Waals surface area contributed by atoms with E-state index in [1.807, 2.05) is 49.6 Å². The molecule has 10 nitrogen and oxygen atoms in total. The maximum absolute atomic E-state index is 12.7. The fourth-order valence-corrected chi connectivity index (χ4v) is 3.82. The zero-order chi connectivity index (χ0) is 25.6. The van der Waals surface area contributed by atoms with Crippen LogP contribution in [0.1, 0.15) is 46.9 Å². The molecule has 1 aromatic carbocycles. The molecule has 2 amide bonds. The average molecular weight is 488 g/mol. The van der Waals surface area contributed by atoms with Crippen molar-refractivity contribution in [3.8, 4) is 0 Å². The Hall–Kier alpha value is -2.79. The van der Waals surface area contributed by atoms with Crippen LogP contribution in [-0.4, -0.2) is 68.3 Å². The van der Waals surface area contributed by atoms with Crippen LogP contribution in [0.25, 0.3) is 21.9 Å². The highest BCUT2D eigenvalue weighted by Crippen LogP contribution is 2.31. The molecule has 192 valence electrons. The monoisotopic (exact) mass is 487 g/mol. The van der Waals surface area contributed by atoms with Gasteiger partial charge in [-0.2, -0.15) is 0 Å². The van der Waals surface area contributed by atoms with Crippen molar-refractivity contribution in [3.63, 3.8) is 0 Å². The molecular weight excluding hydrogens is 450 g/mol. The lowest BCUT2D eigenvalue weighted by molar-refractivity contribution is -0.0300. The molecule has 0 saturated heterocycles. The van der Waals surface area contributed by atoms with Crippen LogP contribution in [0.3, 0.4) is 0 Å². The first-order chi connectivity index (χ1) is 16.5. The number of imidazole rings is 1. The predicted molar refractivity (Wildman–Crippen MR) is 135 cm³/mol. The molecule has 2 aromatic heterocycles. The number of ether oxygens (including phenoxy) is 2. The van der Waals surface area contributed by atoms with E-state index in [-0.39, 0.29) is 13.2 Å². The van der Waals surface area contributed by atoms with Crippen molar-refractivity contribution in [2.75, 3.05) is 31.7 Å². The zero-order valence-electron chi connectivity index (χ0n) is 21.2. The number of hydrogen-bond donors (Lipinski definition) is 4. The molecule has 0 aliphatic rings. The first-order valence-electron chi connectivity index (χ1n) is 11.9. The van der Waals surface area contributed by atoms with E-state index in [1.165, 1.54) is 0 Å². The third-order valence-corrected chi connectivity index (χ3v) is 5.47. The van der Waals surface area contributed by atoms with Crippen LogP contribution in [0.2, 0.25) is 0 Å². The molecule has 35 heavy (non-hydrogen) atoms. The van der Waals surface area contributed by atoms with Gasteiger partial charge in [-0.05, 0) is 47.1 Å². The largest absolute Gasteiger partial charge is 0.396 e. The second kappa shape index (κ2) is 11.3. The molecule has 2 heterocycles. The Bertz CT molecular complexity index is 1150. The first kappa shape index (κ1) is 26.8. The summed E-state index contributed by atoms with van der Waals surface area (Å²) in [6.07, 6.45) is 0.509. The van der Waals surface area contributed by atoms with Crippen molar-refractivity contribution >= 4 is 33.8 Å². The highest BCUT2D eigenvalue weighted by atomic mass is 16.5. The summed E-state index contributed by atoms with van der Waals surface area (Å²) in [5.74, 6) is 0.968. The quantitative estimate of drug-likeness (QED) is 0.289. The summed E-state index contributed by atoms with van der Waals surface area (Å²) in [4.78, 5) is 22.1. The molecule has 0 aliphatic heterocycles. The van der Waals surface area contributed by atoms with Gasteiger partial charge in [0.25, 0.3) is 0 Å². The van der Waals surface area contributed by atoms with Crippen molar-refractivity contribution in [3.05, 3.63) is 30.1 Å². The molecule has 0 saturated carbocycles. The van der Waals surface area contributed by atoms with Crippen LogP contribution in [-0.2, 0) is 22.6 Å². The number of aliphatic hydroxyl groups excluding tert-OH is 1. The van der Waals surface area contributed by atoms with Crippen LogP contribution in [0, 0.1) is 0 Å². The lowest BCUT2D eigenvalue weighted by Gasteiger charge is -2.24. The summed E-state index contributed by atoms with van der Waals surface area (Å²) in [7, 11) is 0. The Balaban J connectivity index is 1.91. The standard InChI is InChI=1S/C25H37N5O5/c1-6-34-15-19-28-20-21(30(19)16-24(2,3)33)17-9-7-8-10-18(17)27-22(20)29-23(32)26-12-14-35-25(4,5)11-13-31/h7-10,31,33H,6,11-16H2,1-5H3,(H2,26,27,29,32). The average Bonchev–Trinajstić information content (AvgIpc) is 3.12. The molecule has 0 bridgehead atoms. The fraction of sp³-hybridized carbons (Fsp3) is 0.560. The molecule has 10 heteroatoms. The van der Waals surface area contributed by atoms with Crippen molar-refractivity contribution in [2.45, 2.75) is 65.4 Å². The molecule has 0 atom stereocenters. The summed E-state index contributed by atoms with van der Waals surface area (Å²) >= 11 is 0. The van der Waals surface area contributed by atoms with E-state index < -0.39 is 17.2 Å². The molecule has 0 radical (unpaired) electrons. The molecule has 0 fully saturated rings. The molecular formula is C25H37N5O5. The number of carbonyl (C=O) groups excluding carboxylic acids is 1. The van der Waals surface area contributed by atoms with Gasteiger partial charge >= 0.3 is 6.03 Å². The van der Waals surface area contributed by atoms with E-state index in [0.29, 0.717) is 55.4 Å². The lowest BCUT2D eigenvalue weighted by Crippen LogP contribution is -2.35. The van der Waals surface area contributed by atoms with E-state index in [9.17, 15) is 9.90 Å². The Morgan fingerprint density at radius 2 is 1.91 bits per heavy atom. The Morgan fingerprint density at radius 3 is 2.60 bits per heavy atom. The van der Waals surface area contributed by atoms with Crippen LogP contribution in [0.4, 0.5) is 10.6 Å². The number of rotatable bonds is 12. The zero-order valence-corrected chi connectivity index (χ0v) is 21.2. The van der Waals surface area contributed by atoms with Gasteiger partial charge in [-0.1, -0.05) is 18.2 Å². The van der Waals surface area contributed by atoms with E-state index in [1.54, 1.807) is 13.8 Å². The van der Waals surface area contributed by atoms with Crippen molar-refractivity contribution in [1.82, 2.24) is 19.9 Å². The second-order valence-electron chi connectivity index (χ2n) is 9.70. The summed E-state index contributed by atoms with van der Waals surface area (Å²) in [6, 6.07) is 7.20. The van der Waals surface area contributed by atoms with Gasteiger partial charge in [0.05, 0.1) is 35.4 Å². The SMILES string of the molecule is CCOCc1nc2c(NC(=O)NCCOC(C)(C)CCO)nc3ccccc3c2n1CC(C)(C)O. The van der Waals surface area contributed by atoms with Crippen molar-refractivity contribution < 1.29 is 24.5 Å². The topological polar surface area (TPSA) is 131 Å². The minimum absolute atomic E-state index is 0.0376. The minimum Gasteiger partial charge on any atom is -0.396 e. The number of benzene rings is 1. The number of hydrogen-bond acceptors (Lipinski definition) is 7. The number of aromatic nitrogens is 3. The summed E-state index contributed by atoms with van der Waals surface area (Å²) in [5, 5.41) is 26.2. The number of para-hydroxylation sites is 1. The van der Waals surface area contributed by atoms with Gasteiger partial charge in [-0.25, -0.2) is 14.8 Å². The maximum Gasteiger partial charge on any atom is 0.320 e. The summed E-state index contributed by atoms with van der Waals surface area (Å²) in [6.45, 7) is 10.9. The molecule has 0 aliphatic carbocycles. The minimum atomic E-state index is -0.992. The number of urea groups is 1. The molecule has 0 spiro atoms. The van der Waals surface area contributed by atoms with Crippen LogP contribution in [0.5, 0.6) is 0 Å². The van der Waals surface area contributed by atoms with E-state index in [2.05, 4.69) is 15.6 Å². The molecule has 3 rings (SSSR count). The summed E-state index contributed by atoms with van der Waals surface area (Å²) in [5.41, 5.74) is 0.538. The Morgan fingerprint density at radius 1 is 1.17 bits per heavy atom. The van der Waals surface area contributed by atoms with Gasteiger partial charge in [0.15, 0.2) is 5.82 Å². The maximum atomic E-state index is 12.7. The van der Waals surface area contributed by atoms with Crippen molar-refractivity contribution in [2.24, 2.45) is 0 Å². The Labute approximate surface area is 205 Å². The van der Waals surface area contributed by atoms with E-state index in [4.69, 9.17) is 19.6 Å². The van der Waals surface area contributed by atoms with Crippen LogP contribution >= 0.6 is 0 Å². The Kier molecular flexibility index (Phi) is 8.65. The molecule has 0 unspecified atom stereocenters. The van der Waals surface area contributed by atoms with Crippen LogP contribution < -0.4 is 10.6 Å². The number of amides is 2. The predicted octanol–water partition coefficient (Wildman–Crippen LogP) is 3.19. The lowest BCUT2D eigenvalue weighted by atomic mass is 10.1. The normalized spacial score (nSPS) is 12.4. The number of aliphatic hydroxyl groups is 2. The number of anilines is 1. The molecule has 3 aromatic rings. The van der Waals surface area contributed by atoms with E-state index >= 15 is 0 Å². The number of carbonyl (C=O) groups is 1. The van der Waals surface area contributed by atoms with Gasteiger partial charge < -0.3 is 29.6 Å². The highest BCUT2D eigenvalue weighted by molar-refractivity contribution is 6.09. The van der Waals surface area contributed by atoms with Crippen LogP contribution in [0.15, 0.2) is 24.3 Å². The second-order valence-corrected chi connectivity index (χ2v) is 9.70. The smallest absolute Gasteiger partial charge is 0.320 e. The number of nitrogens with one attached hydrogen (secondary N) is 2. The van der Waals surface area contributed by atoms with Gasteiger partial charge in [0.1, 0.15) is 17.9 Å².